The maximum atomic E-state index is 11.2. The molecule has 0 radical (unpaired) electrons. The number of fused-ring (bicyclic) bond motifs is 1. The monoisotopic (exact) mass is 333 g/mol. The van der Waals surface area contributed by atoms with Crippen LogP contribution in [-0.4, -0.2) is 25.6 Å². The van der Waals surface area contributed by atoms with Gasteiger partial charge in [0.05, 0.1) is 16.1 Å². The molecular weight excluding hydrogens is 310 g/mol. The summed E-state index contributed by atoms with van der Waals surface area (Å²) in [5.41, 5.74) is 2.72. The van der Waals surface area contributed by atoms with E-state index in [0.29, 0.717) is 19.3 Å². The second kappa shape index (κ2) is 6.17. The van der Waals surface area contributed by atoms with Crippen molar-refractivity contribution in [3.8, 4) is 0 Å². The molecule has 0 saturated carbocycles. The average molecular weight is 333 g/mol. The standard InChI is InChI=1S/C18H23NO3S/c1-18(12-7-13-20)14-15-8-5-6-11-17(15)19(23(18,21)22)16-9-3-2-4-10-16/h2-6,8-11,20-22H,7,12-14H2,1H3/t18-/m1/s1. The quantitative estimate of drug-likeness (QED) is 0.766. The molecule has 3 rings (SSSR count). The van der Waals surface area contributed by atoms with Crippen molar-refractivity contribution in [2.24, 2.45) is 0 Å². The summed E-state index contributed by atoms with van der Waals surface area (Å²) in [6.07, 6.45) is 1.70. The van der Waals surface area contributed by atoms with Crippen LogP contribution in [-0.2, 0) is 6.42 Å². The number of hydrogen-bond donors (Lipinski definition) is 3. The smallest absolute Gasteiger partial charge is 0.0814 e. The van der Waals surface area contributed by atoms with Gasteiger partial charge in [0.2, 0.25) is 0 Å². The number of nitrogens with zero attached hydrogens (tertiary/aromatic N) is 1. The number of para-hydroxylation sites is 2. The summed E-state index contributed by atoms with van der Waals surface area (Å²) in [6.45, 7) is 1.96. The van der Waals surface area contributed by atoms with E-state index in [2.05, 4.69) is 0 Å². The average Bonchev–Trinajstić information content (AvgIpc) is 2.55. The van der Waals surface area contributed by atoms with Crippen LogP contribution in [0.1, 0.15) is 25.3 Å². The van der Waals surface area contributed by atoms with Gasteiger partial charge in [0, 0.05) is 6.61 Å². The molecule has 0 fully saturated rings. The Kier molecular flexibility index (Phi) is 4.38. The minimum Gasteiger partial charge on any atom is -0.396 e. The third kappa shape index (κ3) is 2.74. The maximum Gasteiger partial charge on any atom is 0.0814 e. The minimum absolute atomic E-state index is 0.0537. The van der Waals surface area contributed by atoms with Crippen molar-refractivity contribution < 1.29 is 14.2 Å². The Morgan fingerprint density at radius 1 is 1.04 bits per heavy atom. The molecule has 2 aromatic rings. The first-order chi connectivity index (χ1) is 11.0. The van der Waals surface area contributed by atoms with Gasteiger partial charge in [0.25, 0.3) is 0 Å². The SMILES string of the molecule is C[C@@]1(CCCO)Cc2ccccc2N(c2ccccc2)S1(O)O. The van der Waals surface area contributed by atoms with Gasteiger partial charge in [-0.25, -0.2) is 4.31 Å². The number of aliphatic hydroxyl groups excluding tert-OH is 1. The van der Waals surface area contributed by atoms with Gasteiger partial charge in [-0.15, -0.1) is 10.8 Å². The third-order valence-corrected chi connectivity index (χ3v) is 7.13. The fourth-order valence-corrected chi connectivity index (χ4v) is 5.32. The largest absolute Gasteiger partial charge is 0.396 e. The predicted octanol–water partition coefficient (Wildman–Crippen LogP) is 4.58. The van der Waals surface area contributed by atoms with Gasteiger partial charge < -0.3 is 5.11 Å². The van der Waals surface area contributed by atoms with Crippen LogP contribution in [0.4, 0.5) is 11.4 Å². The Hall–Kier alpha value is -1.53. The molecular formula is C18H23NO3S. The van der Waals surface area contributed by atoms with Gasteiger partial charge in [0.1, 0.15) is 0 Å². The van der Waals surface area contributed by atoms with E-state index < -0.39 is 15.5 Å². The summed E-state index contributed by atoms with van der Waals surface area (Å²) >= 11 is 0. The number of benzene rings is 2. The Morgan fingerprint density at radius 2 is 1.70 bits per heavy atom. The molecule has 0 spiro atoms. The first kappa shape index (κ1) is 16.3. The van der Waals surface area contributed by atoms with Gasteiger partial charge in [-0.05, 0) is 49.9 Å². The highest BCUT2D eigenvalue weighted by molar-refractivity contribution is 8.26. The fraction of sp³-hybridized carbons (Fsp3) is 0.333. The molecule has 1 atom stereocenters. The van der Waals surface area contributed by atoms with E-state index in [9.17, 15) is 14.2 Å². The molecule has 0 amide bonds. The molecule has 23 heavy (non-hydrogen) atoms. The molecule has 124 valence electrons. The number of aliphatic hydroxyl groups is 1. The third-order valence-electron chi connectivity index (χ3n) is 4.54. The van der Waals surface area contributed by atoms with Gasteiger partial charge in [-0.3, -0.25) is 9.11 Å². The second-order valence-electron chi connectivity index (χ2n) is 6.23. The zero-order valence-electron chi connectivity index (χ0n) is 13.2. The highest BCUT2D eigenvalue weighted by Gasteiger charge is 2.47. The van der Waals surface area contributed by atoms with Gasteiger partial charge in [0.15, 0.2) is 0 Å². The van der Waals surface area contributed by atoms with Gasteiger partial charge >= 0.3 is 0 Å². The van der Waals surface area contributed by atoms with Crippen LogP contribution >= 0.6 is 10.8 Å². The van der Waals surface area contributed by atoms with E-state index >= 15 is 0 Å². The first-order valence-electron chi connectivity index (χ1n) is 7.81. The van der Waals surface area contributed by atoms with E-state index in [4.69, 9.17) is 0 Å². The zero-order valence-corrected chi connectivity index (χ0v) is 14.0. The molecule has 0 unspecified atom stereocenters. The van der Waals surface area contributed by atoms with Crippen LogP contribution in [0.5, 0.6) is 0 Å². The van der Waals surface area contributed by atoms with Crippen LogP contribution in [0.25, 0.3) is 0 Å². The molecule has 0 bridgehead atoms. The van der Waals surface area contributed by atoms with Crippen LogP contribution < -0.4 is 4.31 Å². The summed E-state index contributed by atoms with van der Waals surface area (Å²) in [6, 6.07) is 17.4. The predicted molar refractivity (Wildman–Crippen MR) is 96.3 cm³/mol. The van der Waals surface area contributed by atoms with E-state index in [1.807, 2.05) is 61.5 Å². The molecule has 3 N–H and O–H groups in total. The van der Waals surface area contributed by atoms with Crippen LogP contribution in [0.3, 0.4) is 0 Å². The summed E-state index contributed by atoms with van der Waals surface area (Å²) in [7, 11) is -3.08. The lowest BCUT2D eigenvalue weighted by Gasteiger charge is -2.58. The lowest BCUT2D eigenvalue weighted by atomic mass is 9.94. The Labute approximate surface area is 138 Å². The van der Waals surface area contributed by atoms with E-state index in [1.165, 1.54) is 0 Å². The van der Waals surface area contributed by atoms with Crippen molar-refractivity contribution in [3.05, 3.63) is 60.2 Å². The normalized spacial score (nSPS) is 24.1. The fourth-order valence-electron chi connectivity index (χ4n) is 3.24. The zero-order chi connectivity index (χ0) is 16.5. The van der Waals surface area contributed by atoms with Crippen molar-refractivity contribution in [3.63, 3.8) is 0 Å². The van der Waals surface area contributed by atoms with Crippen molar-refractivity contribution in [1.82, 2.24) is 0 Å². The Bertz CT molecular complexity index is 677. The summed E-state index contributed by atoms with van der Waals surface area (Å²) in [4.78, 5) is 0. The van der Waals surface area contributed by atoms with Gasteiger partial charge in [-0.2, -0.15) is 0 Å². The highest BCUT2D eigenvalue weighted by Crippen LogP contribution is 2.66. The molecule has 0 aromatic heterocycles. The molecule has 1 aliphatic rings. The maximum absolute atomic E-state index is 11.2. The molecule has 5 heteroatoms. The van der Waals surface area contributed by atoms with Crippen molar-refractivity contribution >= 4 is 22.2 Å². The topological polar surface area (TPSA) is 63.9 Å². The van der Waals surface area contributed by atoms with Crippen molar-refractivity contribution in [1.29, 1.82) is 0 Å². The number of rotatable bonds is 4. The molecule has 0 aliphatic carbocycles. The highest BCUT2D eigenvalue weighted by atomic mass is 32.3. The van der Waals surface area contributed by atoms with Crippen molar-refractivity contribution in [2.75, 3.05) is 10.9 Å². The second-order valence-corrected chi connectivity index (χ2v) is 8.62. The van der Waals surface area contributed by atoms with E-state index in [1.54, 1.807) is 4.31 Å². The molecule has 1 aliphatic heterocycles. The van der Waals surface area contributed by atoms with E-state index in [0.717, 1.165) is 16.9 Å². The summed E-state index contributed by atoms with van der Waals surface area (Å²) in [5, 5.41) is 9.19. The molecule has 4 nitrogen and oxygen atoms in total. The first-order valence-corrected chi connectivity index (χ1v) is 9.32. The van der Waals surface area contributed by atoms with Crippen LogP contribution in [0.15, 0.2) is 54.6 Å². The van der Waals surface area contributed by atoms with Crippen LogP contribution in [0.2, 0.25) is 0 Å². The van der Waals surface area contributed by atoms with Crippen molar-refractivity contribution in [2.45, 2.75) is 30.9 Å². The number of anilines is 2. The van der Waals surface area contributed by atoms with E-state index in [-0.39, 0.29) is 6.61 Å². The lowest BCUT2D eigenvalue weighted by molar-refractivity contribution is 0.273. The minimum atomic E-state index is -3.08. The summed E-state index contributed by atoms with van der Waals surface area (Å²) < 4.78 is 23.3. The van der Waals surface area contributed by atoms with Gasteiger partial charge in [-0.1, -0.05) is 36.4 Å². The number of hydrogen-bond acceptors (Lipinski definition) is 4. The molecule has 1 heterocycles. The molecule has 0 saturated heterocycles. The summed E-state index contributed by atoms with van der Waals surface area (Å²) in [5.74, 6) is 0. The Morgan fingerprint density at radius 3 is 2.39 bits per heavy atom. The van der Waals surface area contributed by atoms with Crippen LogP contribution in [0, 0.1) is 0 Å². The Balaban J connectivity index is 2.15. The lowest BCUT2D eigenvalue weighted by Crippen LogP contribution is -2.46. The molecule has 2 aromatic carbocycles.